The van der Waals surface area contributed by atoms with Crippen LogP contribution in [-0.2, 0) is 10.2 Å². The Hall–Kier alpha value is -1.06. The lowest BCUT2D eigenvalue weighted by Gasteiger charge is -2.48. The zero-order valence-electron chi connectivity index (χ0n) is 12.1. The molecule has 1 aliphatic heterocycles. The van der Waals surface area contributed by atoms with E-state index in [1.807, 2.05) is 0 Å². The fourth-order valence-electron chi connectivity index (χ4n) is 3.66. The maximum atomic E-state index is 6.05. The largest absolute Gasteiger partial charge is 0.496 e. The molecule has 2 N–H and O–H groups in total. The number of aryl methyl sites for hydroxylation is 2. The second-order valence-electron chi connectivity index (χ2n) is 6.20. The first-order valence-corrected chi connectivity index (χ1v) is 7.02. The fourth-order valence-corrected chi connectivity index (χ4v) is 3.66. The number of ether oxygens (including phenoxy) is 2. The third-order valence-electron chi connectivity index (χ3n) is 5.17. The first kappa shape index (κ1) is 12.9. The van der Waals surface area contributed by atoms with Crippen LogP contribution < -0.4 is 10.5 Å². The van der Waals surface area contributed by atoms with Crippen molar-refractivity contribution in [3.8, 4) is 5.75 Å². The van der Waals surface area contributed by atoms with Gasteiger partial charge in [-0.25, -0.2) is 0 Å². The number of benzene rings is 1. The van der Waals surface area contributed by atoms with Crippen molar-refractivity contribution >= 4 is 0 Å². The molecule has 3 nitrogen and oxygen atoms in total. The summed E-state index contributed by atoms with van der Waals surface area (Å²) in [4.78, 5) is 0. The molecule has 2 fully saturated rings. The molecule has 19 heavy (non-hydrogen) atoms. The molecular formula is C16H23NO2. The van der Waals surface area contributed by atoms with Crippen molar-refractivity contribution in [3.63, 3.8) is 0 Å². The summed E-state index contributed by atoms with van der Waals surface area (Å²) in [6.07, 6.45) is 2.47. The molecule has 2 aliphatic rings. The summed E-state index contributed by atoms with van der Waals surface area (Å²) >= 11 is 0. The Labute approximate surface area is 115 Å². The quantitative estimate of drug-likeness (QED) is 0.904. The Balaban J connectivity index is 2.06. The van der Waals surface area contributed by atoms with Gasteiger partial charge < -0.3 is 15.2 Å². The van der Waals surface area contributed by atoms with Crippen LogP contribution in [0, 0.1) is 19.3 Å². The molecule has 0 spiro atoms. The highest BCUT2D eigenvalue weighted by molar-refractivity contribution is 5.48. The van der Waals surface area contributed by atoms with Crippen LogP contribution >= 0.6 is 0 Å². The molecule has 0 amide bonds. The summed E-state index contributed by atoms with van der Waals surface area (Å²) in [6.45, 7) is 6.63. The number of rotatable bonds is 4. The van der Waals surface area contributed by atoms with E-state index in [9.17, 15) is 0 Å². The molecule has 1 aromatic rings. The highest BCUT2D eigenvalue weighted by Gasteiger charge is 2.62. The van der Waals surface area contributed by atoms with Gasteiger partial charge in [0.25, 0.3) is 0 Å². The van der Waals surface area contributed by atoms with Gasteiger partial charge in [0.1, 0.15) is 5.75 Å². The minimum absolute atomic E-state index is 0.142. The monoisotopic (exact) mass is 261 g/mol. The maximum Gasteiger partial charge on any atom is 0.124 e. The van der Waals surface area contributed by atoms with Crippen molar-refractivity contribution in [2.75, 3.05) is 26.9 Å². The van der Waals surface area contributed by atoms with Crippen molar-refractivity contribution in [2.45, 2.75) is 32.1 Å². The summed E-state index contributed by atoms with van der Waals surface area (Å²) in [6, 6.07) is 4.54. The van der Waals surface area contributed by atoms with E-state index in [4.69, 9.17) is 15.2 Å². The minimum atomic E-state index is 0.142. The molecule has 1 aromatic carbocycles. The molecule has 1 heterocycles. The van der Waals surface area contributed by atoms with E-state index >= 15 is 0 Å². The van der Waals surface area contributed by atoms with Gasteiger partial charge in [-0.3, -0.25) is 0 Å². The molecule has 1 aliphatic carbocycles. The van der Waals surface area contributed by atoms with Crippen LogP contribution in [0.3, 0.4) is 0 Å². The molecule has 0 radical (unpaired) electrons. The van der Waals surface area contributed by atoms with E-state index in [0.717, 1.165) is 25.5 Å². The summed E-state index contributed by atoms with van der Waals surface area (Å²) < 4.78 is 11.0. The smallest absolute Gasteiger partial charge is 0.124 e. The van der Waals surface area contributed by atoms with Crippen LogP contribution in [0.5, 0.6) is 5.75 Å². The molecule has 0 unspecified atom stereocenters. The van der Waals surface area contributed by atoms with Crippen molar-refractivity contribution in [3.05, 3.63) is 28.8 Å². The molecule has 0 atom stereocenters. The van der Waals surface area contributed by atoms with Crippen LogP contribution in [0.15, 0.2) is 12.1 Å². The Kier molecular flexibility index (Phi) is 2.88. The lowest BCUT2D eigenvalue weighted by molar-refractivity contribution is -0.0973. The molecule has 3 rings (SSSR count). The second-order valence-corrected chi connectivity index (χ2v) is 6.20. The highest BCUT2D eigenvalue weighted by Crippen LogP contribution is 2.62. The maximum absolute atomic E-state index is 6.05. The minimum Gasteiger partial charge on any atom is -0.496 e. The molecular weight excluding hydrogens is 238 g/mol. The summed E-state index contributed by atoms with van der Waals surface area (Å²) in [5.74, 6) is 0.997. The van der Waals surface area contributed by atoms with Gasteiger partial charge in [-0.05, 0) is 55.3 Å². The third-order valence-corrected chi connectivity index (χ3v) is 5.17. The highest BCUT2D eigenvalue weighted by atomic mass is 16.5. The van der Waals surface area contributed by atoms with Crippen molar-refractivity contribution in [1.29, 1.82) is 0 Å². The van der Waals surface area contributed by atoms with Crippen molar-refractivity contribution < 1.29 is 9.47 Å². The van der Waals surface area contributed by atoms with Crippen molar-refractivity contribution in [2.24, 2.45) is 11.1 Å². The van der Waals surface area contributed by atoms with Gasteiger partial charge >= 0.3 is 0 Å². The van der Waals surface area contributed by atoms with Gasteiger partial charge in [0.15, 0.2) is 0 Å². The van der Waals surface area contributed by atoms with E-state index in [0.29, 0.717) is 0 Å². The van der Waals surface area contributed by atoms with E-state index in [1.165, 1.54) is 29.5 Å². The molecule has 0 aromatic heterocycles. The fraction of sp³-hybridized carbons (Fsp3) is 0.625. The number of nitrogens with two attached hydrogens (primary N) is 1. The van der Waals surface area contributed by atoms with Crippen LogP contribution in [0.25, 0.3) is 0 Å². The van der Waals surface area contributed by atoms with Crippen LogP contribution in [-0.4, -0.2) is 26.9 Å². The summed E-state index contributed by atoms with van der Waals surface area (Å²) in [5.41, 5.74) is 10.3. The average Bonchev–Trinajstić information content (AvgIpc) is 3.08. The van der Waals surface area contributed by atoms with Crippen LogP contribution in [0.2, 0.25) is 0 Å². The standard InChI is InChI=1S/C16H23NO2/c1-11-6-13(7-12(2)14(11)18-3)16(9-19-10-16)15(8-17)4-5-15/h6-7H,4-5,8-10,17H2,1-3H3. The van der Waals surface area contributed by atoms with Gasteiger partial charge in [0.2, 0.25) is 0 Å². The van der Waals surface area contributed by atoms with E-state index in [1.54, 1.807) is 7.11 Å². The lowest BCUT2D eigenvalue weighted by Crippen LogP contribution is -2.56. The molecule has 1 saturated carbocycles. The molecule has 1 saturated heterocycles. The average molecular weight is 261 g/mol. The Bertz CT molecular complexity index is 478. The van der Waals surface area contributed by atoms with Gasteiger partial charge in [-0.1, -0.05) is 12.1 Å². The van der Waals surface area contributed by atoms with Crippen LogP contribution in [0.1, 0.15) is 29.5 Å². The predicted octanol–water partition coefficient (Wildman–Crippen LogP) is 2.32. The number of hydrogen-bond acceptors (Lipinski definition) is 3. The van der Waals surface area contributed by atoms with Gasteiger partial charge in [0.05, 0.1) is 20.3 Å². The van der Waals surface area contributed by atoms with Crippen molar-refractivity contribution in [1.82, 2.24) is 0 Å². The Morgan fingerprint density at radius 2 is 1.79 bits per heavy atom. The zero-order valence-corrected chi connectivity index (χ0v) is 12.1. The van der Waals surface area contributed by atoms with E-state index in [-0.39, 0.29) is 10.8 Å². The SMILES string of the molecule is COc1c(C)cc(C2(C3(CN)CC3)COC2)cc1C. The van der Waals surface area contributed by atoms with Gasteiger partial charge in [-0.15, -0.1) is 0 Å². The number of methoxy groups -OCH3 is 1. The lowest BCUT2D eigenvalue weighted by atomic mass is 9.65. The van der Waals surface area contributed by atoms with E-state index in [2.05, 4.69) is 26.0 Å². The first-order valence-electron chi connectivity index (χ1n) is 7.02. The third kappa shape index (κ3) is 1.65. The molecule has 3 heteroatoms. The van der Waals surface area contributed by atoms with Gasteiger partial charge in [0, 0.05) is 5.41 Å². The first-order chi connectivity index (χ1) is 9.08. The molecule has 0 bridgehead atoms. The second kappa shape index (κ2) is 4.22. The van der Waals surface area contributed by atoms with E-state index < -0.39 is 0 Å². The van der Waals surface area contributed by atoms with Gasteiger partial charge in [-0.2, -0.15) is 0 Å². The summed E-state index contributed by atoms with van der Waals surface area (Å²) in [5, 5.41) is 0. The molecule has 104 valence electrons. The Morgan fingerprint density at radius 1 is 1.21 bits per heavy atom. The normalized spacial score (nSPS) is 22.7. The Morgan fingerprint density at radius 3 is 2.11 bits per heavy atom. The topological polar surface area (TPSA) is 44.5 Å². The predicted molar refractivity (Wildman–Crippen MR) is 75.7 cm³/mol. The summed E-state index contributed by atoms with van der Waals surface area (Å²) in [7, 11) is 1.74. The zero-order chi connectivity index (χ0) is 13.7. The van der Waals surface area contributed by atoms with Crippen LogP contribution in [0.4, 0.5) is 0 Å². The number of hydrogen-bond donors (Lipinski definition) is 1.